The largest absolute Gasteiger partial charge is 0.352 e. The lowest BCUT2D eigenvalue weighted by atomic mass is 9.78. The van der Waals surface area contributed by atoms with E-state index >= 15 is 0 Å². The number of hydrogen-bond acceptors (Lipinski definition) is 5. The lowest BCUT2D eigenvalue weighted by Crippen LogP contribution is -2.38. The molecule has 1 unspecified atom stereocenters. The van der Waals surface area contributed by atoms with Crippen molar-refractivity contribution in [2.24, 2.45) is 24.8 Å². The van der Waals surface area contributed by atoms with E-state index in [1.165, 1.54) is 4.57 Å². The van der Waals surface area contributed by atoms with Crippen LogP contribution < -0.4 is 16.2 Å². The first-order valence-corrected chi connectivity index (χ1v) is 12.0. The van der Waals surface area contributed by atoms with Gasteiger partial charge in [0.1, 0.15) is 10.6 Å². The van der Waals surface area contributed by atoms with E-state index < -0.39 is 0 Å². The quantitative estimate of drug-likeness (QED) is 0.689. The molecule has 0 radical (unpaired) electrons. The summed E-state index contributed by atoms with van der Waals surface area (Å²) < 4.78 is 1.49. The fourth-order valence-electron chi connectivity index (χ4n) is 4.34. The molecule has 0 aromatic carbocycles. The van der Waals surface area contributed by atoms with Crippen LogP contribution in [-0.2, 0) is 11.8 Å². The van der Waals surface area contributed by atoms with Crippen molar-refractivity contribution in [1.82, 2.24) is 20.2 Å². The second-order valence-corrected chi connectivity index (χ2v) is 9.80. The molecule has 2 heterocycles. The second-order valence-electron chi connectivity index (χ2n) is 8.87. The Kier molecular flexibility index (Phi) is 6.55. The molecule has 2 aliphatic rings. The van der Waals surface area contributed by atoms with Crippen molar-refractivity contribution in [2.75, 3.05) is 6.54 Å². The predicted octanol–water partition coefficient (Wildman–Crippen LogP) is 2.95. The molecular weight excluding hydrogens is 412 g/mol. The number of pyridine rings is 1. The molecule has 0 aliphatic heterocycles. The number of thiazole rings is 1. The Hall–Kier alpha value is -2.48. The summed E-state index contributed by atoms with van der Waals surface area (Å²) >= 11 is 1.60. The lowest BCUT2D eigenvalue weighted by Gasteiger charge is -2.33. The number of nitrogens with zero attached hydrogens (tertiary/aromatic N) is 2. The molecule has 0 bridgehead atoms. The summed E-state index contributed by atoms with van der Waals surface area (Å²) in [6.07, 6.45) is 7.73. The van der Waals surface area contributed by atoms with Crippen molar-refractivity contribution in [3.8, 4) is 0 Å². The summed E-state index contributed by atoms with van der Waals surface area (Å²) in [4.78, 5) is 41.7. The Labute approximate surface area is 186 Å². The number of hydrogen-bond donors (Lipinski definition) is 2. The van der Waals surface area contributed by atoms with E-state index in [0.717, 1.165) is 49.2 Å². The second kappa shape index (κ2) is 9.34. The van der Waals surface area contributed by atoms with Crippen LogP contribution in [0.4, 0.5) is 0 Å². The fourth-order valence-corrected chi connectivity index (χ4v) is 5.13. The molecule has 2 aromatic heterocycles. The van der Waals surface area contributed by atoms with Crippen LogP contribution in [0.25, 0.3) is 0 Å². The van der Waals surface area contributed by atoms with Crippen LogP contribution >= 0.6 is 11.3 Å². The van der Waals surface area contributed by atoms with Crippen LogP contribution in [0.5, 0.6) is 0 Å². The van der Waals surface area contributed by atoms with Gasteiger partial charge in [-0.25, -0.2) is 4.98 Å². The number of rotatable bonds is 7. The maximum atomic E-state index is 12.5. The van der Waals surface area contributed by atoms with E-state index in [2.05, 4.69) is 15.6 Å². The zero-order chi connectivity index (χ0) is 22.0. The number of carbonyl (C=O) groups is 2. The molecule has 8 heteroatoms. The first-order chi connectivity index (χ1) is 14.9. The standard InChI is InChI=1S/C23H30N4O3S/c1-14-3-10-18(23(30)27(14)2)21(29)25-13-15-4-6-16(7-5-15)19(22-24-11-12-31-22)26-20(28)17-8-9-17/h3,10-12,15-17,19H,4-9,13H2,1-2H3,(H,25,29)(H,26,28). The van der Waals surface area contributed by atoms with Crippen molar-refractivity contribution >= 4 is 23.2 Å². The van der Waals surface area contributed by atoms with Crippen molar-refractivity contribution in [2.45, 2.75) is 51.5 Å². The Morgan fingerprint density at radius 2 is 1.94 bits per heavy atom. The maximum Gasteiger partial charge on any atom is 0.263 e. The number of aromatic nitrogens is 2. The molecule has 166 valence electrons. The minimum absolute atomic E-state index is 0.0146. The van der Waals surface area contributed by atoms with Crippen LogP contribution in [0.1, 0.15) is 65.6 Å². The first kappa shape index (κ1) is 21.7. The normalized spacial score (nSPS) is 22.0. The highest BCUT2D eigenvalue weighted by Crippen LogP contribution is 2.38. The van der Waals surface area contributed by atoms with Crippen molar-refractivity contribution < 1.29 is 9.59 Å². The van der Waals surface area contributed by atoms with Crippen molar-refractivity contribution in [3.63, 3.8) is 0 Å². The Morgan fingerprint density at radius 1 is 1.19 bits per heavy atom. The summed E-state index contributed by atoms with van der Waals surface area (Å²) in [5, 5.41) is 9.15. The van der Waals surface area contributed by atoms with Crippen LogP contribution in [0, 0.1) is 24.7 Å². The van der Waals surface area contributed by atoms with Crippen LogP contribution in [0.15, 0.2) is 28.5 Å². The first-order valence-electron chi connectivity index (χ1n) is 11.1. The summed E-state index contributed by atoms with van der Waals surface area (Å²) in [6.45, 7) is 2.41. The highest BCUT2D eigenvalue weighted by Gasteiger charge is 2.36. The minimum Gasteiger partial charge on any atom is -0.352 e. The molecule has 7 nitrogen and oxygen atoms in total. The maximum absolute atomic E-state index is 12.5. The van der Waals surface area contributed by atoms with Gasteiger partial charge >= 0.3 is 0 Å². The molecule has 2 amide bonds. The lowest BCUT2D eigenvalue weighted by molar-refractivity contribution is -0.123. The van der Waals surface area contributed by atoms with Crippen molar-refractivity contribution in [3.05, 3.63) is 50.3 Å². The van der Waals surface area contributed by atoms with Gasteiger partial charge in [0.05, 0.1) is 6.04 Å². The third-order valence-corrected chi connectivity index (χ3v) is 7.54. The van der Waals surface area contributed by atoms with Crippen molar-refractivity contribution in [1.29, 1.82) is 0 Å². The molecule has 2 saturated carbocycles. The Balaban J connectivity index is 1.31. The highest BCUT2D eigenvalue weighted by molar-refractivity contribution is 7.09. The number of carbonyl (C=O) groups excluding carboxylic acids is 2. The summed E-state index contributed by atoms with van der Waals surface area (Å²) in [6, 6.07) is 3.38. The summed E-state index contributed by atoms with van der Waals surface area (Å²) in [5.41, 5.74) is 0.746. The number of amides is 2. The third-order valence-electron chi connectivity index (χ3n) is 6.68. The number of nitrogens with one attached hydrogen (secondary N) is 2. The Morgan fingerprint density at radius 3 is 2.58 bits per heavy atom. The van der Waals surface area contributed by atoms with Gasteiger partial charge in [0, 0.05) is 36.8 Å². The molecule has 4 rings (SSSR count). The average molecular weight is 443 g/mol. The molecular formula is C23H30N4O3S. The topological polar surface area (TPSA) is 93.1 Å². The highest BCUT2D eigenvalue weighted by atomic mass is 32.1. The van der Waals surface area contributed by atoms with Gasteiger partial charge in [-0.1, -0.05) is 0 Å². The van der Waals surface area contributed by atoms with E-state index in [1.807, 2.05) is 12.3 Å². The molecule has 2 fully saturated rings. The zero-order valence-electron chi connectivity index (χ0n) is 18.1. The van der Waals surface area contributed by atoms with Gasteiger partial charge in [-0.2, -0.15) is 0 Å². The minimum atomic E-state index is -0.305. The van der Waals surface area contributed by atoms with Gasteiger partial charge in [-0.3, -0.25) is 14.4 Å². The molecule has 1 atom stereocenters. The van der Waals surface area contributed by atoms with Gasteiger partial charge in [0.2, 0.25) is 5.91 Å². The van der Waals surface area contributed by atoms with E-state index in [0.29, 0.717) is 18.4 Å². The molecule has 2 N–H and O–H groups in total. The predicted molar refractivity (Wildman–Crippen MR) is 120 cm³/mol. The molecule has 2 aliphatic carbocycles. The fraction of sp³-hybridized carbons (Fsp3) is 0.565. The van der Waals surface area contributed by atoms with Gasteiger partial charge in [0.25, 0.3) is 11.5 Å². The third kappa shape index (κ3) is 5.06. The molecule has 0 saturated heterocycles. The van der Waals surface area contributed by atoms with Gasteiger partial charge in [-0.15, -0.1) is 11.3 Å². The van der Waals surface area contributed by atoms with Crippen LogP contribution in [-0.4, -0.2) is 27.9 Å². The zero-order valence-corrected chi connectivity index (χ0v) is 18.9. The number of aryl methyl sites for hydroxylation is 1. The van der Waals surface area contributed by atoms with E-state index in [9.17, 15) is 14.4 Å². The molecule has 31 heavy (non-hydrogen) atoms. The van der Waals surface area contributed by atoms with Crippen LogP contribution in [0.3, 0.4) is 0 Å². The monoisotopic (exact) mass is 442 g/mol. The van der Waals surface area contributed by atoms with Gasteiger partial charge in [-0.05, 0) is 69.4 Å². The summed E-state index contributed by atoms with van der Waals surface area (Å²) in [5.74, 6) is 0.786. The smallest absolute Gasteiger partial charge is 0.263 e. The Bertz CT molecular complexity index is 989. The van der Waals surface area contributed by atoms with Crippen LogP contribution in [0.2, 0.25) is 0 Å². The van der Waals surface area contributed by atoms with E-state index in [1.54, 1.807) is 36.7 Å². The van der Waals surface area contributed by atoms with E-state index in [4.69, 9.17) is 0 Å². The summed E-state index contributed by atoms with van der Waals surface area (Å²) in [7, 11) is 1.68. The van der Waals surface area contributed by atoms with E-state index in [-0.39, 0.29) is 34.9 Å². The molecule has 2 aromatic rings. The molecule has 0 spiro atoms. The van der Waals surface area contributed by atoms with Gasteiger partial charge < -0.3 is 15.2 Å². The SMILES string of the molecule is Cc1ccc(C(=O)NCC2CCC(C(NC(=O)C3CC3)c3nccs3)CC2)c(=O)n1C. The average Bonchev–Trinajstić information content (AvgIpc) is 3.49. The van der Waals surface area contributed by atoms with Gasteiger partial charge in [0.15, 0.2) is 0 Å².